The van der Waals surface area contributed by atoms with E-state index in [1.807, 2.05) is 18.2 Å². The van der Waals surface area contributed by atoms with Gasteiger partial charge in [0.25, 0.3) is 0 Å². The molecule has 1 aliphatic rings. The molecular weight excluding hydrogens is 346 g/mol. The first kappa shape index (κ1) is 12.7. The molecular formula is C11H9F3INO. The van der Waals surface area contributed by atoms with Crippen LogP contribution in [0.2, 0.25) is 0 Å². The highest BCUT2D eigenvalue weighted by Crippen LogP contribution is 2.25. The molecule has 0 aliphatic carbocycles. The van der Waals surface area contributed by atoms with E-state index < -0.39 is 12.1 Å². The van der Waals surface area contributed by atoms with Crippen LogP contribution in [-0.4, -0.2) is 23.5 Å². The van der Waals surface area contributed by atoms with Crippen molar-refractivity contribution < 1.29 is 18.0 Å². The fourth-order valence-corrected chi connectivity index (χ4v) is 2.43. The molecule has 92 valence electrons. The lowest BCUT2D eigenvalue weighted by Crippen LogP contribution is -2.43. The Hall–Kier alpha value is -0.790. The number of halogens is 4. The molecule has 1 amide bonds. The largest absolute Gasteiger partial charge is 0.471 e. The summed E-state index contributed by atoms with van der Waals surface area (Å²) in [6, 6.07) is 5.65. The lowest BCUT2D eigenvalue weighted by Gasteiger charge is -2.29. The minimum absolute atomic E-state index is 0.0461. The normalized spacial score (nSPS) is 15.6. The van der Waals surface area contributed by atoms with Crippen molar-refractivity contribution in [1.29, 1.82) is 0 Å². The number of alkyl halides is 3. The summed E-state index contributed by atoms with van der Waals surface area (Å²) in [5, 5.41) is 0. The number of carbonyl (C=O) groups excluding carboxylic acids is 1. The number of rotatable bonds is 0. The highest BCUT2D eigenvalue weighted by atomic mass is 127. The molecule has 0 unspecified atom stereocenters. The average molecular weight is 355 g/mol. The van der Waals surface area contributed by atoms with Crippen molar-refractivity contribution in [2.75, 3.05) is 6.54 Å². The molecule has 0 radical (unpaired) electrons. The van der Waals surface area contributed by atoms with E-state index in [1.54, 1.807) is 0 Å². The van der Waals surface area contributed by atoms with E-state index in [2.05, 4.69) is 22.6 Å². The second kappa shape index (κ2) is 4.47. The molecule has 0 N–H and O–H groups in total. The second-order valence-electron chi connectivity index (χ2n) is 3.89. The fraction of sp³-hybridized carbons (Fsp3) is 0.364. The van der Waals surface area contributed by atoms with Crippen molar-refractivity contribution in [1.82, 2.24) is 4.90 Å². The molecule has 1 heterocycles. The summed E-state index contributed by atoms with van der Waals surface area (Å²) in [6.45, 7) is 0.177. The van der Waals surface area contributed by atoms with Gasteiger partial charge in [-0.05, 0) is 52.3 Å². The molecule has 0 saturated heterocycles. The zero-order valence-corrected chi connectivity index (χ0v) is 10.9. The Morgan fingerprint density at radius 1 is 1.29 bits per heavy atom. The van der Waals surface area contributed by atoms with Crippen LogP contribution in [0.15, 0.2) is 18.2 Å². The molecule has 0 atom stereocenters. The molecule has 0 spiro atoms. The van der Waals surface area contributed by atoms with E-state index in [0.29, 0.717) is 6.42 Å². The quantitative estimate of drug-likeness (QED) is 0.656. The minimum atomic E-state index is -4.78. The maximum Gasteiger partial charge on any atom is 0.471 e. The van der Waals surface area contributed by atoms with Crippen LogP contribution in [0, 0.1) is 3.57 Å². The Bertz CT molecular complexity index is 459. The van der Waals surface area contributed by atoms with Gasteiger partial charge in [-0.25, -0.2) is 0 Å². The third-order valence-electron chi connectivity index (χ3n) is 2.71. The van der Waals surface area contributed by atoms with Crippen LogP contribution in [0.5, 0.6) is 0 Å². The summed E-state index contributed by atoms with van der Waals surface area (Å²) in [7, 11) is 0. The summed E-state index contributed by atoms with van der Waals surface area (Å²) in [4.78, 5) is 12.0. The second-order valence-corrected chi connectivity index (χ2v) is 5.13. The third-order valence-corrected chi connectivity index (χ3v) is 3.38. The number of hydrogen-bond acceptors (Lipinski definition) is 1. The molecule has 0 aromatic heterocycles. The van der Waals surface area contributed by atoms with Crippen molar-refractivity contribution in [3.05, 3.63) is 32.9 Å². The Labute approximate surface area is 110 Å². The van der Waals surface area contributed by atoms with Gasteiger partial charge in [-0.3, -0.25) is 4.79 Å². The maximum atomic E-state index is 12.3. The molecule has 0 fully saturated rings. The summed E-state index contributed by atoms with van der Waals surface area (Å²) in [5.74, 6) is -1.75. The lowest BCUT2D eigenvalue weighted by molar-refractivity contribution is -0.186. The Kier molecular flexibility index (Phi) is 3.33. The van der Waals surface area contributed by atoms with E-state index in [0.717, 1.165) is 19.6 Å². The van der Waals surface area contributed by atoms with Crippen LogP contribution < -0.4 is 0 Å². The number of fused-ring (bicyclic) bond motifs is 1. The fourth-order valence-electron chi connectivity index (χ4n) is 1.88. The Morgan fingerprint density at radius 2 is 2.00 bits per heavy atom. The van der Waals surface area contributed by atoms with E-state index in [-0.39, 0.29) is 13.1 Å². The van der Waals surface area contributed by atoms with Crippen molar-refractivity contribution in [2.24, 2.45) is 0 Å². The zero-order chi connectivity index (χ0) is 12.6. The molecule has 2 rings (SSSR count). The van der Waals surface area contributed by atoms with E-state index in [1.165, 1.54) is 0 Å². The lowest BCUT2D eigenvalue weighted by atomic mass is 10.00. The van der Waals surface area contributed by atoms with Crippen molar-refractivity contribution in [3.63, 3.8) is 0 Å². The smallest absolute Gasteiger partial charge is 0.330 e. The van der Waals surface area contributed by atoms with Crippen LogP contribution in [0.4, 0.5) is 13.2 Å². The molecule has 0 saturated carbocycles. The van der Waals surface area contributed by atoms with Crippen LogP contribution >= 0.6 is 22.6 Å². The highest BCUT2D eigenvalue weighted by molar-refractivity contribution is 14.1. The highest BCUT2D eigenvalue weighted by Gasteiger charge is 2.43. The average Bonchev–Trinajstić information content (AvgIpc) is 2.25. The first-order valence-corrected chi connectivity index (χ1v) is 6.09. The van der Waals surface area contributed by atoms with E-state index in [4.69, 9.17) is 0 Å². The number of nitrogens with zero attached hydrogens (tertiary/aromatic N) is 1. The van der Waals surface area contributed by atoms with E-state index in [9.17, 15) is 18.0 Å². The van der Waals surface area contributed by atoms with Crippen molar-refractivity contribution in [3.8, 4) is 0 Å². The van der Waals surface area contributed by atoms with Crippen LogP contribution in [0.3, 0.4) is 0 Å². The van der Waals surface area contributed by atoms with Gasteiger partial charge in [0, 0.05) is 16.7 Å². The van der Waals surface area contributed by atoms with Gasteiger partial charge in [0.05, 0.1) is 0 Å². The Morgan fingerprint density at radius 3 is 2.65 bits per heavy atom. The summed E-state index contributed by atoms with van der Waals surface area (Å²) >= 11 is 2.10. The minimum Gasteiger partial charge on any atom is -0.330 e. The number of amides is 1. The van der Waals surface area contributed by atoms with Gasteiger partial charge in [0.2, 0.25) is 0 Å². The molecule has 1 aromatic carbocycles. The number of carbonyl (C=O) groups is 1. The first-order valence-electron chi connectivity index (χ1n) is 5.01. The zero-order valence-electron chi connectivity index (χ0n) is 8.72. The van der Waals surface area contributed by atoms with Gasteiger partial charge >= 0.3 is 12.1 Å². The van der Waals surface area contributed by atoms with Crippen LogP contribution in [0.1, 0.15) is 11.1 Å². The molecule has 1 aliphatic heterocycles. The van der Waals surface area contributed by atoms with Crippen molar-refractivity contribution in [2.45, 2.75) is 19.1 Å². The molecule has 2 nitrogen and oxygen atoms in total. The SMILES string of the molecule is O=C(N1CCc2ccc(I)cc2C1)C(F)(F)F. The monoisotopic (exact) mass is 355 g/mol. The molecule has 17 heavy (non-hydrogen) atoms. The number of hydrogen-bond donors (Lipinski definition) is 0. The summed E-state index contributed by atoms with van der Waals surface area (Å²) in [6.07, 6.45) is -4.30. The predicted octanol–water partition coefficient (Wildman–Crippen LogP) is 2.74. The molecule has 0 bridgehead atoms. The summed E-state index contributed by atoms with van der Waals surface area (Å²) in [5.41, 5.74) is 1.83. The topological polar surface area (TPSA) is 20.3 Å². The van der Waals surface area contributed by atoms with E-state index >= 15 is 0 Å². The van der Waals surface area contributed by atoms with Crippen LogP contribution in [-0.2, 0) is 17.8 Å². The predicted molar refractivity (Wildman–Crippen MR) is 64.3 cm³/mol. The maximum absolute atomic E-state index is 12.3. The summed E-state index contributed by atoms with van der Waals surface area (Å²) < 4.78 is 37.8. The first-order chi connectivity index (χ1) is 7.88. The number of benzene rings is 1. The van der Waals surface area contributed by atoms with Gasteiger partial charge in [0.1, 0.15) is 0 Å². The van der Waals surface area contributed by atoms with Gasteiger partial charge in [-0.15, -0.1) is 0 Å². The third kappa shape index (κ3) is 2.72. The van der Waals surface area contributed by atoms with Crippen molar-refractivity contribution >= 4 is 28.5 Å². The van der Waals surface area contributed by atoms with Gasteiger partial charge in [0.15, 0.2) is 0 Å². The molecule has 1 aromatic rings. The van der Waals surface area contributed by atoms with Gasteiger partial charge in [-0.1, -0.05) is 6.07 Å². The standard InChI is InChI=1S/C11H9F3INO/c12-11(13,14)10(17)16-4-3-7-1-2-9(15)5-8(7)6-16/h1-2,5H,3-4,6H2. The van der Waals surface area contributed by atoms with Gasteiger partial charge in [-0.2, -0.15) is 13.2 Å². The Balaban J connectivity index is 2.21. The molecule has 6 heteroatoms. The van der Waals surface area contributed by atoms with Crippen LogP contribution in [0.25, 0.3) is 0 Å². The van der Waals surface area contributed by atoms with Gasteiger partial charge < -0.3 is 4.90 Å².